The Morgan fingerprint density at radius 2 is 0.885 bits per heavy atom. The van der Waals surface area contributed by atoms with Crippen LogP contribution in [-0.4, -0.2) is 22.2 Å². The van der Waals surface area contributed by atoms with Crippen molar-refractivity contribution in [3.63, 3.8) is 0 Å². The Kier molecular flexibility index (Phi) is 4.67. The normalized spacial score (nSPS) is 10.9. The smallest absolute Gasteiger partial charge is 0.341 e. The van der Waals surface area contributed by atoms with E-state index >= 15 is 0 Å². The van der Waals surface area contributed by atoms with Gasteiger partial charge in [0.25, 0.3) is 0 Å². The second-order valence-electron chi connectivity index (χ2n) is 4.93. The van der Waals surface area contributed by atoms with Gasteiger partial charge in [-0.15, -0.1) is 0 Å². The summed E-state index contributed by atoms with van der Waals surface area (Å²) in [5.41, 5.74) is -8.64. The van der Waals surface area contributed by atoms with Crippen molar-refractivity contribution in [2.45, 2.75) is 6.92 Å². The lowest BCUT2D eigenvalue weighted by Gasteiger charge is -2.15. The van der Waals surface area contributed by atoms with Crippen molar-refractivity contribution >= 4 is 11.9 Å². The van der Waals surface area contributed by atoms with E-state index in [0.717, 1.165) is 0 Å². The molecule has 0 saturated carbocycles. The van der Waals surface area contributed by atoms with Gasteiger partial charge in [-0.1, -0.05) is 0 Å². The molecule has 0 radical (unpaired) electrons. The summed E-state index contributed by atoms with van der Waals surface area (Å²) in [5.74, 6) is -21.1. The number of benzene rings is 2. The molecule has 138 valence electrons. The third kappa shape index (κ3) is 2.55. The fraction of sp³-hybridized carbons (Fsp3) is 0.0667. The predicted octanol–water partition coefficient (Wildman–Crippen LogP) is 4.03. The van der Waals surface area contributed by atoms with Crippen molar-refractivity contribution in [3.8, 4) is 11.1 Å². The number of hydrogen-bond acceptors (Lipinski definition) is 2. The van der Waals surface area contributed by atoms with Crippen LogP contribution in [0.5, 0.6) is 0 Å². The Bertz CT molecular complexity index is 847. The second-order valence-corrected chi connectivity index (χ2v) is 4.93. The van der Waals surface area contributed by atoms with Crippen molar-refractivity contribution in [1.82, 2.24) is 0 Å². The minimum absolute atomic E-state index is 0.624. The third-order valence-corrected chi connectivity index (χ3v) is 3.50. The maximum absolute atomic E-state index is 14.3. The SMILES string of the molecule is Cc1c(F)c(-c2c(F)c(F)c(C(=O)O)c(F)c2F)c(F)c(F)c1C(=O)O. The van der Waals surface area contributed by atoms with Gasteiger partial charge in [-0.25, -0.2) is 40.3 Å². The lowest BCUT2D eigenvalue weighted by atomic mass is 9.95. The van der Waals surface area contributed by atoms with E-state index in [9.17, 15) is 40.3 Å². The highest BCUT2D eigenvalue weighted by Gasteiger charge is 2.35. The molecule has 0 aliphatic heterocycles. The summed E-state index contributed by atoms with van der Waals surface area (Å²) in [4.78, 5) is 21.5. The van der Waals surface area contributed by atoms with Gasteiger partial charge in [-0.3, -0.25) is 0 Å². The Morgan fingerprint density at radius 1 is 0.577 bits per heavy atom. The first-order valence-corrected chi connectivity index (χ1v) is 6.43. The first-order chi connectivity index (χ1) is 11.9. The van der Waals surface area contributed by atoms with Crippen LogP contribution in [0.1, 0.15) is 26.3 Å². The molecular formula is C15H5F7O4. The molecule has 2 rings (SSSR count). The zero-order valence-corrected chi connectivity index (χ0v) is 12.4. The van der Waals surface area contributed by atoms with E-state index in [1.165, 1.54) is 0 Å². The summed E-state index contributed by atoms with van der Waals surface area (Å²) in [5, 5.41) is 17.3. The molecule has 0 aromatic heterocycles. The van der Waals surface area contributed by atoms with Gasteiger partial charge in [-0.05, 0) is 6.92 Å². The molecule has 0 fully saturated rings. The molecule has 0 aliphatic carbocycles. The maximum Gasteiger partial charge on any atom is 0.341 e. The van der Waals surface area contributed by atoms with Crippen LogP contribution in [0.4, 0.5) is 30.7 Å². The Labute approximate surface area is 139 Å². The van der Waals surface area contributed by atoms with Crippen molar-refractivity contribution in [1.29, 1.82) is 0 Å². The molecule has 2 N–H and O–H groups in total. The quantitative estimate of drug-likeness (QED) is 0.621. The van der Waals surface area contributed by atoms with Crippen molar-refractivity contribution in [2.75, 3.05) is 0 Å². The minimum atomic E-state index is -2.50. The van der Waals surface area contributed by atoms with Crippen molar-refractivity contribution < 1.29 is 50.5 Å². The molecule has 0 atom stereocenters. The van der Waals surface area contributed by atoms with Gasteiger partial charge in [0.2, 0.25) is 0 Å². The second kappa shape index (κ2) is 6.32. The zero-order valence-electron chi connectivity index (χ0n) is 12.4. The molecule has 0 unspecified atom stereocenters. The number of aromatic carboxylic acids is 2. The van der Waals surface area contributed by atoms with Crippen LogP contribution in [0.2, 0.25) is 0 Å². The highest BCUT2D eigenvalue weighted by atomic mass is 19.2. The largest absolute Gasteiger partial charge is 0.478 e. The van der Waals surface area contributed by atoms with E-state index in [2.05, 4.69) is 0 Å². The van der Waals surface area contributed by atoms with Gasteiger partial charge in [0.15, 0.2) is 34.9 Å². The Hall–Kier alpha value is -3.11. The van der Waals surface area contributed by atoms with Crippen LogP contribution < -0.4 is 0 Å². The molecule has 0 bridgehead atoms. The molecule has 2 aromatic carbocycles. The summed E-state index contributed by atoms with van der Waals surface area (Å²) in [6.07, 6.45) is 0. The van der Waals surface area contributed by atoms with Crippen LogP contribution in [0.25, 0.3) is 11.1 Å². The number of carboxylic acids is 2. The lowest BCUT2D eigenvalue weighted by Crippen LogP contribution is -2.15. The molecular weight excluding hydrogens is 377 g/mol. The van der Waals surface area contributed by atoms with E-state index in [1.54, 1.807) is 0 Å². The molecule has 4 nitrogen and oxygen atoms in total. The first kappa shape index (κ1) is 19.2. The molecule has 11 heteroatoms. The molecule has 0 heterocycles. The molecule has 2 aromatic rings. The highest BCUT2D eigenvalue weighted by Crippen LogP contribution is 2.38. The molecule has 0 saturated heterocycles. The van der Waals surface area contributed by atoms with Crippen molar-refractivity contribution in [2.24, 2.45) is 0 Å². The number of carboxylic acid groups (broad SMARTS) is 2. The summed E-state index contributed by atoms with van der Waals surface area (Å²) in [6.45, 7) is 0.624. The monoisotopic (exact) mass is 382 g/mol. The number of rotatable bonds is 3. The van der Waals surface area contributed by atoms with Crippen LogP contribution in [-0.2, 0) is 0 Å². The fourth-order valence-corrected chi connectivity index (χ4v) is 2.29. The number of carbonyl (C=O) groups is 2. The Morgan fingerprint density at radius 3 is 1.23 bits per heavy atom. The van der Waals surface area contributed by atoms with E-state index in [-0.39, 0.29) is 0 Å². The molecule has 0 spiro atoms. The van der Waals surface area contributed by atoms with Crippen molar-refractivity contribution in [3.05, 3.63) is 57.4 Å². The van der Waals surface area contributed by atoms with Gasteiger partial charge in [0, 0.05) is 5.56 Å². The predicted molar refractivity (Wildman–Crippen MR) is 70.2 cm³/mol. The summed E-state index contributed by atoms with van der Waals surface area (Å²) in [7, 11) is 0. The van der Waals surface area contributed by atoms with E-state index in [1.807, 2.05) is 0 Å². The van der Waals surface area contributed by atoms with Gasteiger partial charge in [0.1, 0.15) is 16.9 Å². The number of hydrogen-bond donors (Lipinski definition) is 2. The third-order valence-electron chi connectivity index (χ3n) is 3.50. The van der Waals surface area contributed by atoms with Gasteiger partial charge in [-0.2, -0.15) is 0 Å². The Balaban J connectivity index is 3.05. The van der Waals surface area contributed by atoms with Crippen LogP contribution in [0, 0.1) is 47.6 Å². The molecule has 0 amide bonds. The maximum atomic E-state index is 14.3. The van der Waals surface area contributed by atoms with Crippen LogP contribution in [0.15, 0.2) is 0 Å². The molecule has 0 aliphatic rings. The van der Waals surface area contributed by atoms with Gasteiger partial charge in [0.05, 0.1) is 11.1 Å². The topological polar surface area (TPSA) is 74.6 Å². The summed E-state index contributed by atoms with van der Waals surface area (Å²) < 4.78 is 97.6. The summed E-state index contributed by atoms with van der Waals surface area (Å²) in [6, 6.07) is 0. The lowest BCUT2D eigenvalue weighted by molar-refractivity contribution is 0.0674. The highest BCUT2D eigenvalue weighted by molar-refractivity contribution is 5.92. The minimum Gasteiger partial charge on any atom is -0.478 e. The van der Waals surface area contributed by atoms with E-state index in [0.29, 0.717) is 6.92 Å². The summed E-state index contributed by atoms with van der Waals surface area (Å²) >= 11 is 0. The average molecular weight is 382 g/mol. The van der Waals surface area contributed by atoms with Gasteiger partial charge < -0.3 is 10.2 Å². The zero-order chi connectivity index (χ0) is 20.1. The molecule has 26 heavy (non-hydrogen) atoms. The van der Waals surface area contributed by atoms with E-state index < -0.39 is 80.5 Å². The standard InChI is InChI=1S/C15H5F7O4/c1-2-3(14(23)24)8(17)9(18)4(7(2)16)5-10(19)12(21)6(15(25)26)13(22)11(5)20/h1H3,(H,23,24)(H,25,26). The van der Waals surface area contributed by atoms with Gasteiger partial charge >= 0.3 is 11.9 Å². The number of halogens is 7. The first-order valence-electron chi connectivity index (χ1n) is 6.43. The van der Waals surface area contributed by atoms with Crippen LogP contribution in [0.3, 0.4) is 0 Å². The van der Waals surface area contributed by atoms with E-state index in [4.69, 9.17) is 10.2 Å². The fourth-order valence-electron chi connectivity index (χ4n) is 2.29. The van der Waals surface area contributed by atoms with Crippen LogP contribution >= 0.6 is 0 Å². The average Bonchev–Trinajstić information content (AvgIpc) is 2.54.